The molecule has 13 rings (SSSR count). The van der Waals surface area contributed by atoms with Gasteiger partial charge in [0.2, 0.25) is 0 Å². The minimum absolute atomic E-state index is 0.00111. The summed E-state index contributed by atoms with van der Waals surface area (Å²) in [6.45, 7) is 14.0. The summed E-state index contributed by atoms with van der Waals surface area (Å²) in [7, 11) is 0. The molecule has 10 aromatic rings. The molecular formula is C61H46OS. The second kappa shape index (κ2) is 12.7. The van der Waals surface area contributed by atoms with Crippen molar-refractivity contribution in [3.05, 3.63) is 203 Å². The van der Waals surface area contributed by atoms with E-state index in [-0.39, 0.29) is 10.8 Å². The van der Waals surface area contributed by atoms with Crippen molar-refractivity contribution in [3.63, 3.8) is 0 Å². The smallest absolute Gasteiger partial charge is 0.135 e. The average Bonchev–Trinajstić information content (AvgIpc) is 3.92. The molecule has 9 aromatic carbocycles. The van der Waals surface area contributed by atoms with E-state index in [0.717, 1.165) is 17.1 Å². The SMILES string of the molecule is CC(C)(C)c1ccc2c(c1)C1(c3ccccc3-c3ccc(-c4ccc5c6c(cccc46)-c4cc(-c6cccc7c6sc6ccccc67)ccc4O5)cc31)c1cc(C(C)(C)C)ccc1-2. The fourth-order valence-electron chi connectivity index (χ4n) is 11.3. The number of ether oxygens (including phenoxy) is 1. The lowest BCUT2D eigenvalue weighted by atomic mass is 9.68. The van der Waals surface area contributed by atoms with Gasteiger partial charge in [0.05, 0.1) is 5.41 Å². The first kappa shape index (κ1) is 36.9. The Kier molecular flexibility index (Phi) is 7.42. The van der Waals surface area contributed by atoms with E-state index >= 15 is 0 Å². The summed E-state index contributed by atoms with van der Waals surface area (Å²) in [6.07, 6.45) is 0. The predicted octanol–water partition coefficient (Wildman–Crippen LogP) is 17.3. The first-order valence-electron chi connectivity index (χ1n) is 22.3. The Bertz CT molecular complexity index is 3560. The molecular weight excluding hydrogens is 781 g/mol. The molecule has 1 nitrogen and oxygen atoms in total. The maximum absolute atomic E-state index is 6.82. The van der Waals surface area contributed by atoms with Gasteiger partial charge in [0.25, 0.3) is 0 Å². The van der Waals surface area contributed by atoms with Crippen molar-refractivity contribution < 1.29 is 4.74 Å². The highest BCUT2D eigenvalue weighted by molar-refractivity contribution is 7.26. The molecule has 63 heavy (non-hydrogen) atoms. The van der Waals surface area contributed by atoms with Crippen molar-refractivity contribution in [1.82, 2.24) is 0 Å². The largest absolute Gasteiger partial charge is 0.456 e. The number of rotatable bonds is 2. The Morgan fingerprint density at radius 3 is 1.67 bits per heavy atom. The van der Waals surface area contributed by atoms with Crippen molar-refractivity contribution in [2.24, 2.45) is 0 Å². The molecule has 0 N–H and O–H groups in total. The Hall–Kier alpha value is -6.74. The lowest BCUT2D eigenvalue weighted by molar-refractivity contribution is 0.487. The van der Waals surface area contributed by atoms with E-state index < -0.39 is 5.41 Å². The van der Waals surface area contributed by atoms with E-state index in [1.54, 1.807) is 0 Å². The van der Waals surface area contributed by atoms with Crippen molar-refractivity contribution in [2.75, 3.05) is 0 Å². The van der Waals surface area contributed by atoms with Crippen LogP contribution in [0.2, 0.25) is 0 Å². The molecule has 1 aromatic heterocycles. The van der Waals surface area contributed by atoms with E-state index in [2.05, 4.69) is 211 Å². The van der Waals surface area contributed by atoms with Gasteiger partial charge in [-0.2, -0.15) is 0 Å². The first-order valence-corrected chi connectivity index (χ1v) is 23.1. The standard InChI is InChI=1S/C61H46OS/c1-59(2,3)37-23-26-43-44-27-24-38(60(4,5)6)34-53(44)61(52(43)33-37)50-19-9-7-13-41(50)42-25-21-36(32-51(42)61)39-28-30-55-57-46(39)16-12-17-47(57)49-31-35(22-29-54(49)62-55)40-15-11-18-48-45-14-8-10-20-56(45)63-58(40)48/h7-34H,1-6H3. The van der Waals surface area contributed by atoms with Gasteiger partial charge in [0.1, 0.15) is 11.5 Å². The van der Waals surface area contributed by atoms with Crippen molar-refractivity contribution in [1.29, 1.82) is 0 Å². The van der Waals surface area contributed by atoms with Gasteiger partial charge < -0.3 is 4.74 Å². The van der Waals surface area contributed by atoms with E-state index in [0.29, 0.717) is 0 Å². The van der Waals surface area contributed by atoms with E-state index in [9.17, 15) is 0 Å². The molecule has 0 fully saturated rings. The van der Waals surface area contributed by atoms with Crippen LogP contribution >= 0.6 is 11.3 Å². The Balaban J connectivity index is 1.02. The van der Waals surface area contributed by atoms with Crippen LogP contribution in [0.3, 0.4) is 0 Å². The predicted molar refractivity (Wildman–Crippen MR) is 267 cm³/mol. The summed E-state index contributed by atoms with van der Waals surface area (Å²) in [5.41, 5.74) is 20.3. The normalized spacial score (nSPS) is 14.1. The van der Waals surface area contributed by atoms with E-state index in [1.807, 2.05) is 11.3 Å². The molecule has 2 heteroatoms. The zero-order chi connectivity index (χ0) is 42.6. The van der Waals surface area contributed by atoms with Gasteiger partial charge in [-0.15, -0.1) is 11.3 Å². The number of thiophene rings is 1. The lowest BCUT2D eigenvalue weighted by Gasteiger charge is -2.33. The number of fused-ring (bicyclic) bond motifs is 15. The average molecular weight is 827 g/mol. The molecule has 2 heterocycles. The molecule has 0 bridgehead atoms. The summed E-state index contributed by atoms with van der Waals surface area (Å²) < 4.78 is 9.46. The maximum atomic E-state index is 6.82. The van der Waals surface area contributed by atoms with Crippen LogP contribution in [0.5, 0.6) is 11.5 Å². The molecule has 2 aliphatic carbocycles. The van der Waals surface area contributed by atoms with Gasteiger partial charge in [0.15, 0.2) is 0 Å². The van der Waals surface area contributed by atoms with Crippen molar-refractivity contribution in [2.45, 2.75) is 57.8 Å². The summed E-state index contributed by atoms with van der Waals surface area (Å²) in [4.78, 5) is 0. The first-order chi connectivity index (χ1) is 30.5. The third kappa shape index (κ3) is 5.05. The third-order valence-corrected chi connectivity index (χ3v) is 15.7. The molecule has 0 saturated heterocycles. The maximum Gasteiger partial charge on any atom is 0.135 e. The zero-order valence-electron chi connectivity index (χ0n) is 36.5. The summed E-state index contributed by atoms with van der Waals surface area (Å²) in [6, 6.07) is 64.6. The van der Waals surface area contributed by atoms with E-state index in [1.165, 1.54) is 114 Å². The minimum Gasteiger partial charge on any atom is -0.456 e. The summed E-state index contributed by atoms with van der Waals surface area (Å²) >= 11 is 1.88. The Morgan fingerprint density at radius 1 is 0.381 bits per heavy atom. The molecule has 3 aliphatic rings. The molecule has 302 valence electrons. The van der Waals surface area contributed by atoms with Gasteiger partial charge in [-0.25, -0.2) is 0 Å². The summed E-state index contributed by atoms with van der Waals surface area (Å²) in [5, 5.41) is 5.00. The van der Waals surface area contributed by atoms with Crippen molar-refractivity contribution >= 4 is 42.3 Å². The van der Waals surface area contributed by atoms with Crippen LogP contribution in [0.1, 0.15) is 74.9 Å². The van der Waals surface area contributed by atoms with Crippen LogP contribution in [0.4, 0.5) is 0 Å². The van der Waals surface area contributed by atoms with Crippen LogP contribution in [0.25, 0.3) is 86.6 Å². The zero-order valence-corrected chi connectivity index (χ0v) is 37.3. The van der Waals surface area contributed by atoms with Crippen LogP contribution in [-0.2, 0) is 16.2 Å². The lowest BCUT2D eigenvalue weighted by Crippen LogP contribution is -2.27. The highest BCUT2D eigenvalue weighted by atomic mass is 32.1. The van der Waals surface area contributed by atoms with Gasteiger partial charge in [-0.3, -0.25) is 0 Å². The van der Waals surface area contributed by atoms with Crippen LogP contribution in [0, 0.1) is 0 Å². The molecule has 0 atom stereocenters. The van der Waals surface area contributed by atoms with Gasteiger partial charge in [-0.1, -0.05) is 181 Å². The van der Waals surface area contributed by atoms with Crippen LogP contribution in [-0.4, -0.2) is 0 Å². The molecule has 0 saturated carbocycles. The van der Waals surface area contributed by atoms with Gasteiger partial charge >= 0.3 is 0 Å². The topological polar surface area (TPSA) is 9.23 Å². The summed E-state index contributed by atoms with van der Waals surface area (Å²) in [5.74, 6) is 1.80. The highest BCUT2D eigenvalue weighted by Gasteiger charge is 2.52. The minimum atomic E-state index is -0.461. The third-order valence-electron chi connectivity index (χ3n) is 14.4. The van der Waals surface area contributed by atoms with Crippen molar-refractivity contribution in [3.8, 4) is 67.1 Å². The van der Waals surface area contributed by atoms with E-state index in [4.69, 9.17) is 4.74 Å². The Labute approximate surface area is 373 Å². The molecule has 1 spiro atoms. The number of benzene rings is 9. The monoisotopic (exact) mass is 826 g/mol. The highest BCUT2D eigenvalue weighted by Crippen LogP contribution is 2.64. The second-order valence-electron chi connectivity index (χ2n) is 20.0. The van der Waals surface area contributed by atoms with Crippen LogP contribution in [0.15, 0.2) is 170 Å². The fraction of sp³-hybridized carbons (Fsp3) is 0.148. The molecule has 1 aliphatic heterocycles. The molecule has 0 unspecified atom stereocenters. The Morgan fingerprint density at radius 2 is 0.921 bits per heavy atom. The van der Waals surface area contributed by atoms with Gasteiger partial charge in [0, 0.05) is 31.1 Å². The number of hydrogen-bond donors (Lipinski definition) is 0. The molecule has 0 amide bonds. The quantitative estimate of drug-likeness (QED) is 0.169. The number of hydrogen-bond acceptors (Lipinski definition) is 2. The second-order valence-corrected chi connectivity index (χ2v) is 21.1. The molecule has 0 radical (unpaired) electrons. The van der Waals surface area contributed by atoms with Crippen LogP contribution < -0.4 is 4.74 Å². The fourth-order valence-corrected chi connectivity index (χ4v) is 12.5. The van der Waals surface area contributed by atoms with Gasteiger partial charge in [-0.05, 0) is 130 Å².